The van der Waals surface area contributed by atoms with Crippen LogP contribution in [-0.4, -0.2) is 28.2 Å². The molecule has 0 aliphatic rings. The predicted molar refractivity (Wildman–Crippen MR) is 89.4 cm³/mol. The summed E-state index contributed by atoms with van der Waals surface area (Å²) in [6, 6.07) is 7.63. The number of rotatable bonds is 11. The van der Waals surface area contributed by atoms with Crippen molar-refractivity contribution in [2.75, 3.05) is 0 Å². The second-order valence-corrected chi connectivity index (χ2v) is 5.60. The molecule has 0 fully saturated rings. The zero-order valence-corrected chi connectivity index (χ0v) is 14.7. The van der Waals surface area contributed by atoms with E-state index >= 15 is 0 Å². The van der Waals surface area contributed by atoms with Gasteiger partial charge in [-0.05, 0) is 30.5 Å². The summed E-state index contributed by atoms with van der Waals surface area (Å²) in [5, 5.41) is 9.20. The third-order valence-corrected chi connectivity index (χ3v) is 3.76. The predicted octanol–water partition coefficient (Wildman–Crippen LogP) is 5.47. The van der Waals surface area contributed by atoms with Crippen molar-refractivity contribution < 1.29 is 5.11 Å². The van der Waals surface area contributed by atoms with E-state index in [2.05, 4.69) is 6.92 Å². The first-order valence-electron chi connectivity index (χ1n) is 8.11. The highest BCUT2D eigenvalue weighted by Gasteiger charge is 1.95. The van der Waals surface area contributed by atoms with E-state index in [-0.39, 0.29) is 23.1 Å². The SMILES string of the molecule is CCCCCCCCCCCCc1ccc(O)cc1.[Mg]. The number of phenolic OH excluding ortho intramolecular Hbond substituents is 1. The van der Waals surface area contributed by atoms with Gasteiger partial charge in [0, 0.05) is 23.1 Å². The lowest BCUT2D eigenvalue weighted by Crippen LogP contribution is -1.86. The van der Waals surface area contributed by atoms with Crippen LogP contribution in [0.1, 0.15) is 76.7 Å². The first-order chi connectivity index (χ1) is 9.33. The van der Waals surface area contributed by atoms with Gasteiger partial charge in [-0.1, -0.05) is 76.8 Å². The second kappa shape index (κ2) is 13.8. The molecule has 1 rings (SSSR count). The molecule has 0 saturated heterocycles. The average molecular weight is 287 g/mol. The Kier molecular flexibility index (Phi) is 13.6. The molecule has 2 heteroatoms. The molecule has 1 N–H and O–H groups in total. The Balaban J connectivity index is 0.00000361. The minimum absolute atomic E-state index is 0. The number of aromatic hydroxyl groups is 1. The highest BCUT2D eigenvalue weighted by atomic mass is 24.3. The van der Waals surface area contributed by atoms with Crippen molar-refractivity contribution in [1.82, 2.24) is 0 Å². The van der Waals surface area contributed by atoms with E-state index in [4.69, 9.17) is 0 Å². The van der Waals surface area contributed by atoms with Crippen LogP contribution < -0.4 is 0 Å². The lowest BCUT2D eigenvalue weighted by molar-refractivity contribution is 0.475. The molecule has 1 aromatic rings. The number of benzene rings is 1. The van der Waals surface area contributed by atoms with Gasteiger partial charge in [0.25, 0.3) is 0 Å². The lowest BCUT2D eigenvalue weighted by Gasteiger charge is -2.03. The number of hydrogen-bond acceptors (Lipinski definition) is 1. The number of aryl methyl sites for hydroxylation is 1. The van der Waals surface area contributed by atoms with E-state index in [1.165, 1.54) is 69.8 Å². The number of hydrogen-bond donors (Lipinski definition) is 1. The summed E-state index contributed by atoms with van der Waals surface area (Å²) < 4.78 is 0. The Morgan fingerprint density at radius 3 is 1.65 bits per heavy atom. The fourth-order valence-electron chi connectivity index (χ4n) is 2.48. The molecule has 0 spiro atoms. The Morgan fingerprint density at radius 1 is 0.700 bits per heavy atom. The van der Waals surface area contributed by atoms with Crippen molar-refractivity contribution in [1.29, 1.82) is 0 Å². The van der Waals surface area contributed by atoms with E-state index < -0.39 is 0 Å². The third kappa shape index (κ3) is 10.6. The maximum absolute atomic E-state index is 9.20. The van der Waals surface area contributed by atoms with Crippen molar-refractivity contribution in [3.05, 3.63) is 29.8 Å². The summed E-state index contributed by atoms with van der Waals surface area (Å²) in [5.74, 6) is 0.367. The van der Waals surface area contributed by atoms with Gasteiger partial charge in [0.05, 0.1) is 0 Å². The van der Waals surface area contributed by atoms with Crippen LogP contribution in [0.25, 0.3) is 0 Å². The molecule has 0 unspecified atom stereocenters. The van der Waals surface area contributed by atoms with Gasteiger partial charge in [0.2, 0.25) is 0 Å². The zero-order valence-electron chi connectivity index (χ0n) is 13.2. The van der Waals surface area contributed by atoms with E-state index in [1.807, 2.05) is 12.1 Å². The molecule has 1 aromatic carbocycles. The van der Waals surface area contributed by atoms with Crippen LogP contribution in [0.3, 0.4) is 0 Å². The average Bonchev–Trinajstić information content (AvgIpc) is 2.43. The molecule has 0 atom stereocenters. The Hall–Kier alpha value is -0.214. The molecule has 0 aliphatic carbocycles. The monoisotopic (exact) mass is 286 g/mol. The highest BCUT2D eigenvalue weighted by Crippen LogP contribution is 2.14. The van der Waals surface area contributed by atoms with Crippen LogP contribution in [0.4, 0.5) is 0 Å². The van der Waals surface area contributed by atoms with Gasteiger partial charge in [-0.2, -0.15) is 0 Å². The van der Waals surface area contributed by atoms with E-state index in [0.717, 1.165) is 6.42 Å². The molecule has 1 nitrogen and oxygen atoms in total. The van der Waals surface area contributed by atoms with Crippen molar-refractivity contribution in [3.8, 4) is 5.75 Å². The molecule has 2 radical (unpaired) electrons. The van der Waals surface area contributed by atoms with Gasteiger partial charge in [-0.3, -0.25) is 0 Å². The number of unbranched alkanes of at least 4 members (excludes halogenated alkanes) is 9. The summed E-state index contributed by atoms with van der Waals surface area (Å²) in [5.41, 5.74) is 1.34. The quantitative estimate of drug-likeness (QED) is 0.422. The van der Waals surface area contributed by atoms with E-state index in [1.54, 1.807) is 12.1 Å². The largest absolute Gasteiger partial charge is 0.508 e. The van der Waals surface area contributed by atoms with Crippen molar-refractivity contribution in [2.24, 2.45) is 0 Å². The maximum Gasteiger partial charge on any atom is 0.115 e. The van der Waals surface area contributed by atoms with Crippen LogP contribution in [0.2, 0.25) is 0 Å². The summed E-state index contributed by atoms with van der Waals surface area (Å²) in [6.07, 6.45) is 15.0. The molecule has 0 amide bonds. The minimum atomic E-state index is 0. The molecule has 20 heavy (non-hydrogen) atoms. The summed E-state index contributed by atoms with van der Waals surface area (Å²) in [6.45, 7) is 2.27. The standard InChI is InChI=1S/C18H30O.Mg/c1-2-3-4-5-6-7-8-9-10-11-12-17-13-15-18(19)16-14-17;/h13-16,19H,2-12H2,1H3;. The fourth-order valence-corrected chi connectivity index (χ4v) is 2.48. The first-order valence-corrected chi connectivity index (χ1v) is 8.11. The van der Waals surface area contributed by atoms with Crippen molar-refractivity contribution in [2.45, 2.75) is 77.6 Å². The molecule has 0 aromatic heterocycles. The van der Waals surface area contributed by atoms with Crippen LogP contribution in [0.15, 0.2) is 24.3 Å². The second-order valence-electron chi connectivity index (χ2n) is 5.60. The van der Waals surface area contributed by atoms with Crippen molar-refractivity contribution >= 4 is 23.1 Å². The molecule has 110 valence electrons. The topological polar surface area (TPSA) is 20.2 Å². The Morgan fingerprint density at radius 2 is 1.15 bits per heavy atom. The van der Waals surface area contributed by atoms with Gasteiger partial charge in [-0.25, -0.2) is 0 Å². The summed E-state index contributed by atoms with van der Waals surface area (Å²) in [7, 11) is 0. The maximum atomic E-state index is 9.20. The van der Waals surface area contributed by atoms with Crippen LogP contribution in [0.5, 0.6) is 5.75 Å². The van der Waals surface area contributed by atoms with Gasteiger partial charge >= 0.3 is 0 Å². The van der Waals surface area contributed by atoms with Gasteiger partial charge in [0.15, 0.2) is 0 Å². The van der Waals surface area contributed by atoms with E-state index in [0.29, 0.717) is 5.75 Å². The fraction of sp³-hybridized carbons (Fsp3) is 0.667. The van der Waals surface area contributed by atoms with Gasteiger partial charge < -0.3 is 5.11 Å². The lowest BCUT2D eigenvalue weighted by atomic mass is 10.0. The van der Waals surface area contributed by atoms with Gasteiger partial charge in [-0.15, -0.1) is 0 Å². The first kappa shape index (κ1) is 19.8. The molecule has 0 aliphatic heterocycles. The molecule has 0 heterocycles. The van der Waals surface area contributed by atoms with Crippen LogP contribution in [0, 0.1) is 0 Å². The van der Waals surface area contributed by atoms with Crippen molar-refractivity contribution in [3.63, 3.8) is 0 Å². The minimum Gasteiger partial charge on any atom is -0.508 e. The van der Waals surface area contributed by atoms with Gasteiger partial charge in [0.1, 0.15) is 5.75 Å². The third-order valence-electron chi connectivity index (χ3n) is 3.76. The molecule has 0 bridgehead atoms. The molecular formula is C18H30MgO. The Labute approximate surface area is 141 Å². The number of phenols is 1. The van der Waals surface area contributed by atoms with Crippen LogP contribution in [-0.2, 0) is 6.42 Å². The highest BCUT2D eigenvalue weighted by molar-refractivity contribution is 5.75. The Bertz CT molecular complexity index is 308. The zero-order chi connectivity index (χ0) is 13.8. The molecular weight excluding hydrogens is 257 g/mol. The normalized spacial score (nSPS) is 10.2. The smallest absolute Gasteiger partial charge is 0.115 e. The summed E-state index contributed by atoms with van der Waals surface area (Å²) in [4.78, 5) is 0. The summed E-state index contributed by atoms with van der Waals surface area (Å²) >= 11 is 0. The van der Waals surface area contributed by atoms with E-state index in [9.17, 15) is 5.11 Å². The van der Waals surface area contributed by atoms with Crippen LogP contribution >= 0.6 is 0 Å². The molecule has 0 saturated carbocycles.